The Bertz CT molecular complexity index is 1550. The van der Waals surface area contributed by atoms with E-state index in [0.29, 0.717) is 47.4 Å². The molecule has 1 N–H and O–H groups in total. The van der Waals surface area contributed by atoms with Crippen molar-refractivity contribution < 1.29 is 13.9 Å². The SMILES string of the molecule is CN1CCN(C(=O)c2cc3c(Nc4cnnc(-c5cc(Cl)ccc5F)c4)ccnc3n2COCC[Si](C)(C)C)CC1. The predicted octanol–water partition coefficient (Wildman–Crippen LogP) is 5.73. The second-order valence-electron chi connectivity index (χ2n) is 11.6. The summed E-state index contributed by atoms with van der Waals surface area (Å²) < 4.78 is 22.5. The van der Waals surface area contributed by atoms with Crippen LogP contribution in [0.2, 0.25) is 30.7 Å². The average molecular weight is 596 g/mol. The molecule has 0 saturated carbocycles. The number of nitrogens with zero attached hydrogens (tertiary/aromatic N) is 6. The first-order valence-electron chi connectivity index (χ1n) is 13.7. The lowest BCUT2D eigenvalue weighted by Gasteiger charge is -2.32. The van der Waals surface area contributed by atoms with Gasteiger partial charge >= 0.3 is 0 Å². The number of halogens is 2. The van der Waals surface area contributed by atoms with Crippen molar-refractivity contribution >= 4 is 48.0 Å². The van der Waals surface area contributed by atoms with Gasteiger partial charge in [-0.15, -0.1) is 0 Å². The van der Waals surface area contributed by atoms with Crippen molar-refractivity contribution in [3.63, 3.8) is 0 Å². The van der Waals surface area contributed by atoms with E-state index < -0.39 is 13.9 Å². The van der Waals surface area contributed by atoms with Crippen LogP contribution >= 0.6 is 11.6 Å². The van der Waals surface area contributed by atoms with Crippen LogP contribution < -0.4 is 5.32 Å². The van der Waals surface area contributed by atoms with E-state index in [2.05, 4.69) is 52.1 Å². The van der Waals surface area contributed by atoms with E-state index in [-0.39, 0.29) is 18.2 Å². The van der Waals surface area contributed by atoms with Crippen molar-refractivity contribution in [1.29, 1.82) is 0 Å². The van der Waals surface area contributed by atoms with Gasteiger partial charge in [0.15, 0.2) is 0 Å². The van der Waals surface area contributed by atoms with E-state index in [0.717, 1.165) is 30.2 Å². The molecule has 41 heavy (non-hydrogen) atoms. The molecule has 0 radical (unpaired) electrons. The Balaban J connectivity index is 1.48. The Labute approximate surface area is 245 Å². The summed E-state index contributed by atoms with van der Waals surface area (Å²) >= 11 is 6.09. The summed E-state index contributed by atoms with van der Waals surface area (Å²) in [5, 5.41) is 12.7. The topological polar surface area (TPSA) is 88.4 Å². The molecule has 1 amide bonds. The molecule has 0 atom stereocenters. The minimum atomic E-state index is -1.27. The third kappa shape index (κ3) is 6.92. The molecule has 4 aromatic rings. The molecule has 3 aromatic heterocycles. The van der Waals surface area contributed by atoms with E-state index in [1.807, 2.05) is 21.6 Å². The third-order valence-corrected chi connectivity index (χ3v) is 9.10. The fourth-order valence-electron chi connectivity index (χ4n) is 4.69. The molecule has 9 nitrogen and oxygen atoms in total. The lowest BCUT2D eigenvalue weighted by atomic mass is 10.1. The van der Waals surface area contributed by atoms with Gasteiger partial charge in [-0.25, -0.2) is 9.37 Å². The van der Waals surface area contributed by atoms with Gasteiger partial charge in [0, 0.05) is 63.0 Å². The number of anilines is 2. The maximum Gasteiger partial charge on any atom is 0.270 e. The summed E-state index contributed by atoms with van der Waals surface area (Å²) in [5.41, 5.74) is 3.12. The summed E-state index contributed by atoms with van der Waals surface area (Å²) in [7, 11) is 0.791. The number of carbonyl (C=O) groups is 1. The number of benzene rings is 1. The number of rotatable bonds is 9. The zero-order valence-corrected chi connectivity index (χ0v) is 25.6. The number of piperazine rings is 1. The number of ether oxygens (including phenoxy) is 1. The smallest absolute Gasteiger partial charge is 0.270 e. The van der Waals surface area contributed by atoms with Gasteiger partial charge in [0.2, 0.25) is 0 Å². The highest BCUT2D eigenvalue weighted by atomic mass is 35.5. The predicted molar refractivity (Wildman–Crippen MR) is 163 cm³/mol. The maximum atomic E-state index is 14.5. The fourth-order valence-corrected chi connectivity index (χ4v) is 5.62. The highest BCUT2D eigenvalue weighted by Gasteiger charge is 2.26. The fraction of sp³-hybridized carbons (Fsp3) is 0.379. The zero-order valence-electron chi connectivity index (χ0n) is 23.8. The second kappa shape index (κ2) is 12.2. The molecule has 216 valence electrons. The number of hydrogen-bond donors (Lipinski definition) is 1. The number of carbonyl (C=O) groups excluding carboxylic acids is 1. The Kier molecular flexibility index (Phi) is 8.69. The third-order valence-electron chi connectivity index (χ3n) is 7.16. The van der Waals surface area contributed by atoms with Crippen LogP contribution in [-0.2, 0) is 11.5 Å². The van der Waals surface area contributed by atoms with Crippen LogP contribution in [0.4, 0.5) is 15.8 Å². The molecule has 1 fully saturated rings. The van der Waals surface area contributed by atoms with Gasteiger partial charge in [0.1, 0.15) is 23.9 Å². The van der Waals surface area contributed by atoms with Gasteiger partial charge in [-0.3, -0.25) is 9.36 Å². The normalized spacial score (nSPS) is 14.5. The van der Waals surface area contributed by atoms with E-state index in [9.17, 15) is 9.18 Å². The van der Waals surface area contributed by atoms with Crippen molar-refractivity contribution in [2.75, 3.05) is 45.2 Å². The Hall–Kier alpha value is -3.38. The largest absolute Gasteiger partial charge is 0.361 e. The summed E-state index contributed by atoms with van der Waals surface area (Å²) in [4.78, 5) is 22.5. The Morgan fingerprint density at radius 2 is 1.90 bits per heavy atom. The Morgan fingerprint density at radius 1 is 1.12 bits per heavy atom. The van der Waals surface area contributed by atoms with Crippen molar-refractivity contribution in [1.82, 2.24) is 29.5 Å². The van der Waals surface area contributed by atoms with Gasteiger partial charge < -0.3 is 19.9 Å². The average Bonchev–Trinajstić information content (AvgIpc) is 3.31. The van der Waals surface area contributed by atoms with Crippen LogP contribution in [0.25, 0.3) is 22.3 Å². The number of hydrogen-bond acceptors (Lipinski definition) is 7. The molecule has 5 rings (SSSR count). The summed E-state index contributed by atoms with van der Waals surface area (Å²) in [6.07, 6.45) is 3.25. The zero-order chi connectivity index (χ0) is 29.1. The molecular formula is C29H35ClFN7O2Si. The molecule has 0 bridgehead atoms. The van der Waals surface area contributed by atoms with Gasteiger partial charge in [0.25, 0.3) is 5.91 Å². The first-order valence-corrected chi connectivity index (χ1v) is 17.8. The maximum absolute atomic E-state index is 14.5. The van der Waals surface area contributed by atoms with Crippen LogP contribution in [0.5, 0.6) is 0 Å². The minimum Gasteiger partial charge on any atom is -0.361 e. The molecule has 12 heteroatoms. The van der Waals surface area contributed by atoms with Gasteiger partial charge in [0.05, 0.1) is 23.3 Å². The Morgan fingerprint density at radius 3 is 2.66 bits per heavy atom. The number of pyridine rings is 1. The van der Waals surface area contributed by atoms with Crippen molar-refractivity contribution in [2.24, 2.45) is 0 Å². The van der Waals surface area contributed by atoms with E-state index in [1.54, 1.807) is 18.5 Å². The van der Waals surface area contributed by atoms with Gasteiger partial charge in [-0.2, -0.15) is 10.2 Å². The lowest BCUT2D eigenvalue weighted by molar-refractivity contribution is 0.0606. The van der Waals surface area contributed by atoms with Gasteiger partial charge in [-0.05, 0) is 49.5 Å². The quantitative estimate of drug-likeness (QED) is 0.195. The number of likely N-dealkylation sites (N-methyl/N-ethyl adjacent to an activating group) is 1. The van der Waals surface area contributed by atoms with Crippen LogP contribution in [-0.4, -0.2) is 83.4 Å². The molecule has 0 unspecified atom stereocenters. The van der Waals surface area contributed by atoms with Crippen LogP contribution in [0, 0.1) is 5.82 Å². The molecule has 4 heterocycles. The summed E-state index contributed by atoms with van der Waals surface area (Å²) in [6.45, 7) is 10.8. The van der Waals surface area contributed by atoms with Crippen molar-refractivity contribution in [3.05, 3.63) is 65.3 Å². The first kappa shape index (κ1) is 29.1. The van der Waals surface area contributed by atoms with Crippen molar-refractivity contribution in [2.45, 2.75) is 32.4 Å². The molecule has 0 aliphatic carbocycles. The lowest BCUT2D eigenvalue weighted by Crippen LogP contribution is -2.47. The van der Waals surface area contributed by atoms with Crippen LogP contribution in [0.15, 0.2) is 48.8 Å². The standard InChI is InChI=1S/C29H35ClFN7O2Si/c1-36-9-11-37(12-10-36)29(39)27-17-23-25(7-8-32-28(23)38(27)19-40-13-14-41(2,3)4)34-21-16-26(35-33-18-21)22-15-20(30)5-6-24(22)31/h5-8,15-18H,9-14,19H2,1-4H3,(H,32,34,35). The number of amides is 1. The van der Waals surface area contributed by atoms with Crippen LogP contribution in [0.3, 0.4) is 0 Å². The van der Waals surface area contributed by atoms with Crippen molar-refractivity contribution in [3.8, 4) is 11.3 Å². The number of aromatic nitrogens is 4. The molecule has 1 saturated heterocycles. The highest BCUT2D eigenvalue weighted by Crippen LogP contribution is 2.31. The number of fused-ring (bicyclic) bond motifs is 1. The summed E-state index contributed by atoms with van der Waals surface area (Å²) in [6, 6.07) is 10.8. The monoisotopic (exact) mass is 595 g/mol. The minimum absolute atomic E-state index is 0.0415. The van der Waals surface area contributed by atoms with E-state index in [1.165, 1.54) is 18.2 Å². The van der Waals surface area contributed by atoms with Gasteiger partial charge in [-0.1, -0.05) is 31.2 Å². The van der Waals surface area contributed by atoms with Crippen LogP contribution in [0.1, 0.15) is 10.5 Å². The highest BCUT2D eigenvalue weighted by molar-refractivity contribution is 6.76. The van der Waals surface area contributed by atoms with E-state index in [4.69, 9.17) is 16.3 Å². The molecular weight excluding hydrogens is 561 g/mol. The molecule has 1 aliphatic heterocycles. The van der Waals surface area contributed by atoms with E-state index >= 15 is 0 Å². The molecule has 1 aliphatic rings. The molecule has 1 aromatic carbocycles. The first-order chi connectivity index (χ1) is 19.6. The number of nitrogens with one attached hydrogen (secondary N) is 1. The summed E-state index contributed by atoms with van der Waals surface area (Å²) in [5.74, 6) is -0.481. The molecule has 0 spiro atoms. The second-order valence-corrected chi connectivity index (χ2v) is 17.6.